The predicted octanol–water partition coefficient (Wildman–Crippen LogP) is 2.49. The highest BCUT2D eigenvalue weighted by Gasteiger charge is 2.09. The third-order valence-corrected chi connectivity index (χ3v) is 3.92. The number of aryl methyl sites for hydroxylation is 1. The molecule has 0 radical (unpaired) electrons. The van der Waals surface area contributed by atoms with Crippen LogP contribution in [0.2, 0.25) is 0 Å². The highest BCUT2D eigenvalue weighted by molar-refractivity contribution is 5.91. The number of rotatable bonds is 6. The molecule has 1 aromatic carbocycles. The normalized spacial score (nSPS) is 10.6. The van der Waals surface area contributed by atoms with E-state index in [1.54, 1.807) is 24.5 Å². The smallest absolute Gasteiger partial charge is 0.239 e. The topological polar surface area (TPSA) is 76.0 Å². The Kier molecular flexibility index (Phi) is 5.09. The van der Waals surface area contributed by atoms with Gasteiger partial charge in [-0.05, 0) is 30.7 Å². The molecule has 128 valence electrons. The standard InChI is InChI=1S/C19H20N4O2/c1-14-12-23(17-7-3-2-6-16(14)17)13-19(25)21-10-8-18(24)22-15-5-4-9-20-11-15/h2-7,9,11-12H,8,10,13H2,1H3,(H,21,25)(H,22,24). The molecule has 3 aromatic rings. The van der Waals surface area contributed by atoms with Crippen molar-refractivity contribution in [2.45, 2.75) is 19.9 Å². The number of amides is 2. The van der Waals surface area contributed by atoms with Gasteiger partial charge in [0, 0.05) is 36.3 Å². The molecule has 0 spiro atoms. The van der Waals surface area contributed by atoms with Crippen molar-refractivity contribution in [3.63, 3.8) is 0 Å². The van der Waals surface area contributed by atoms with Gasteiger partial charge >= 0.3 is 0 Å². The molecule has 6 heteroatoms. The lowest BCUT2D eigenvalue weighted by Crippen LogP contribution is -2.30. The summed E-state index contributed by atoms with van der Waals surface area (Å²) < 4.78 is 1.93. The molecule has 6 nitrogen and oxygen atoms in total. The lowest BCUT2D eigenvalue weighted by molar-refractivity contribution is -0.121. The third kappa shape index (κ3) is 4.23. The van der Waals surface area contributed by atoms with E-state index in [1.165, 1.54) is 0 Å². The number of nitrogens with zero attached hydrogens (tertiary/aromatic N) is 2. The maximum absolute atomic E-state index is 12.1. The van der Waals surface area contributed by atoms with Gasteiger partial charge in [0.2, 0.25) is 11.8 Å². The van der Waals surface area contributed by atoms with Gasteiger partial charge in [-0.15, -0.1) is 0 Å². The summed E-state index contributed by atoms with van der Waals surface area (Å²) in [6, 6.07) is 11.5. The van der Waals surface area contributed by atoms with Crippen molar-refractivity contribution < 1.29 is 9.59 Å². The molecule has 0 aliphatic rings. The van der Waals surface area contributed by atoms with Gasteiger partial charge in [-0.3, -0.25) is 14.6 Å². The van der Waals surface area contributed by atoms with Crippen LogP contribution in [-0.4, -0.2) is 27.9 Å². The number of pyridine rings is 1. The summed E-state index contributed by atoms with van der Waals surface area (Å²) in [7, 11) is 0. The van der Waals surface area contributed by atoms with Crippen molar-refractivity contribution in [3.8, 4) is 0 Å². The fraction of sp³-hybridized carbons (Fsp3) is 0.211. The second-order valence-corrected chi connectivity index (χ2v) is 5.85. The van der Waals surface area contributed by atoms with Gasteiger partial charge in [-0.25, -0.2) is 0 Å². The SMILES string of the molecule is Cc1cn(CC(=O)NCCC(=O)Nc2cccnc2)c2ccccc12. The van der Waals surface area contributed by atoms with E-state index in [2.05, 4.69) is 15.6 Å². The van der Waals surface area contributed by atoms with Gasteiger partial charge in [0.15, 0.2) is 0 Å². The molecule has 0 aliphatic carbocycles. The fourth-order valence-electron chi connectivity index (χ4n) is 2.75. The van der Waals surface area contributed by atoms with E-state index in [0.29, 0.717) is 12.2 Å². The maximum atomic E-state index is 12.1. The molecule has 2 N–H and O–H groups in total. The molecule has 2 aromatic heterocycles. The van der Waals surface area contributed by atoms with Crippen LogP contribution >= 0.6 is 0 Å². The molecule has 0 saturated heterocycles. The quantitative estimate of drug-likeness (QED) is 0.726. The van der Waals surface area contributed by atoms with E-state index >= 15 is 0 Å². The lowest BCUT2D eigenvalue weighted by Gasteiger charge is -2.08. The summed E-state index contributed by atoms with van der Waals surface area (Å²) in [6.07, 6.45) is 5.41. The average Bonchev–Trinajstić information content (AvgIpc) is 2.92. The van der Waals surface area contributed by atoms with Crippen LogP contribution in [0.3, 0.4) is 0 Å². The Balaban J connectivity index is 1.49. The van der Waals surface area contributed by atoms with Crippen LogP contribution in [-0.2, 0) is 16.1 Å². The number of benzene rings is 1. The van der Waals surface area contributed by atoms with E-state index in [9.17, 15) is 9.59 Å². The minimum atomic E-state index is -0.157. The Labute approximate surface area is 145 Å². The van der Waals surface area contributed by atoms with E-state index in [1.807, 2.05) is 42.0 Å². The van der Waals surface area contributed by atoms with Crippen molar-refractivity contribution in [2.75, 3.05) is 11.9 Å². The zero-order valence-corrected chi connectivity index (χ0v) is 14.0. The predicted molar refractivity (Wildman–Crippen MR) is 97.2 cm³/mol. The number of carbonyl (C=O) groups is 2. The molecule has 25 heavy (non-hydrogen) atoms. The molecular formula is C19H20N4O2. The van der Waals surface area contributed by atoms with Gasteiger partial charge in [0.05, 0.1) is 11.9 Å². The first-order chi connectivity index (χ1) is 12.1. The minimum Gasteiger partial charge on any atom is -0.354 e. The first-order valence-electron chi connectivity index (χ1n) is 8.14. The van der Waals surface area contributed by atoms with Gasteiger partial charge in [0.25, 0.3) is 0 Å². The number of fused-ring (bicyclic) bond motifs is 1. The summed E-state index contributed by atoms with van der Waals surface area (Å²) in [5, 5.41) is 6.67. The van der Waals surface area contributed by atoms with Crippen molar-refractivity contribution in [1.82, 2.24) is 14.9 Å². The molecule has 0 aliphatic heterocycles. The molecule has 0 atom stereocenters. The second-order valence-electron chi connectivity index (χ2n) is 5.85. The van der Waals surface area contributed by atoms with Gasteiger partial charge in [-0.1, -0.05) is 18.2 Å². The summed E-state index contributed by atoms with van der Waals surface area (Å²) in [4.78, 5) is 27.9. The van der Waals surface area contributed by atoms with Crippen LogP contribution in [0.1, 0.15) is 12.0 Å². The maximum Gasteiger partial charge on any atom is 0.239 e. The zero-order chi connectivity index (χ0) is 17.6. The fourth-order valence-corrected chi connectivity index (χ4v) is 2.75. The highest BCUT2D eigenvalue weighted by atomic mass is 16.2. The number of hydrogen-bond acceptors (Lipinski definition) is 3. The molecule has 0 bridgehead atoms. The van der Waals surface area contributed by atoms with Crippen LogP contribution in [0.15, 0.2) is 55.0 Å². The monoisotopic (exact) mass is 336 g/mol. The number of aromatic nitrogens is 2. The number of carbonyl (C=O) groups excluding carboxylic acids is 2. The van der Waals surface area contributed by atoms with Crippen molar-refractivity contribution in [1.29, 1.82) is 0 Å². The molecule has 3 rings (SSSR count). The van der Waals surface area contributed by atoms with E-state index in [4.69, 9.17) is 0 Å². The van der Waals surface area contributed by atoms with Crippen molar-refractivity contribution >= 4 is 28.4 Å². The van der Waals surface area contributed by atoms with Crippen LogP contribution in [0, 0.1) is 6.92 Å². The lowest BCUT2D eigenvalue weighted by atomic mass is 10.2. The molecule has 2 heterocycles. The van der Waals surface area contributed by atoms with E-state index in [-0.39, 0.29) is 24.8 Å². The summed E-state index contributed by atoms with van der Waals surface area (Å²) in [5.41, 5.74) is 2.82. The molecule has 0 unspecified atom stereocenters. The molecule has 0 fully saturated rings. The number of hydrogen-bond donors (Lipinski definition) is 2. The van der Waals surface area contributed by atoms with E-state index in [0.717, 1.165) is 16.5 Å². The van der Waals surface area contributed by atoms with E-state index < -0.39 is 0 Å². The first kappa shape index (κ1) is 16.7. The first-order valence-corrected chi connectivity index (χ1v) is 8.14. The van der Waals surface area contributed by atoms with Gasteiger partial charge in [-0.2, -0.15) is 0 Å². The van der Waals surface area contributed by atoms with Crippen LogP contribution in [0.25, 0.3) is 10.9 Å². The Morgan fingerprint density at radius 2 is 1.96 bits per heavy atom. The highest BCUT2D eigenvalue weighted by Crippen LogP contribution is 2.19. The largest absolute Gasteiger partial charge is 0.354 e. The molecule has 2 amide bonds. The van der Waals surface area contributed by atoms with Crippen LogP contribution in [0.4, 0.5) is 5.69 Å². The van der Waals surface area contributed by atoms with Crippen molar-refractivity contribution in [3.05, 3.63) is 60.6 Å². The number of anilines is 1. The third-order valence-electron chi connectivity index (χ3n) is 3.92. The average molecular weight is 336 g/mol. The Bertz CT molecular complexity index is 887. The zero-order valence-electron chi connectivity index (χ0n) is 14.0. The van der Waals surface area contributed by atoms with Crippen LogP contribution in [0.5, 0.6) is 0 Å². The summed E-state index contributed by atoms with van der Waals surface area (Å²) >= 11 is 0. The summed E-state index contributed by atoms with van der Waals surface area (Å²) in [6.45, 7) is 2.56. The Morgan fingerprint density at radius 3 is 2.76 bits per heavy atom. The summed E-state index contributed by atoms with van der Waals surface area (Å²) in [5.74, 6) is -0.273. The molecular weight excluding hydrogens is 316 g/mol. The van der Waals surface area contributed by atoms with Gasteiger partial charge < -0.3 is 15.2 Å². The van der Waals surface area contributed by atoms with Crippen molar-refractivity contribution in [2.24, 2.45) is 0 Å². The number of para-hydroxylation sites is 1. The second kappa shape index (κ2) is 7.61. The molecule has 0 saturated carbocycles. The Hall–Kier alpha value is -3.15. The minimum absolute atomic E-state index is 0.116. The van der Waals surface area contributed by atoms with Gasteiger partial charge in [0.1, 0.15) is 6.54 Å². The number of nitrogens with one attached hydrogen (secondary N) is 2. The van der Waals surface area contributed by atoms with Crippen LogP contribution < -0.4 is 10.6 Å². The Morgan fingerprint density at radius 1 is 1.12 bits per heavy atom.